The summed E-state index contributed by atoms with van der Waals surface area (Å²) in [7, 11) is 0. The van der Waals surface area contributed by atoms with E-state index in [0.29, 0.717) is 0 Å². The van der Waals surface area contributed by atoms with E-state index in [1.165, 1.54) is 0 Å². The molecular formula is C8H9F2NO. The van der Waals surface area contributed by atoms with Crippen molar-refractivity contribution in [2.45, 2.75) is 6.10 Å². The van der Waals surface area contributed by atoms with Crippen molar-refractivity contribution < 1.29 is 13.9 Å². The van der Waals surface area contributed by atoms with Gasteiger partial charge in [-0.05, 0) is 17.7 Å². The highest BCUT2D eigenvalue weighted by Crippen LogP contribution is 2.14. The van der Waals surface area contributed by atoms with Crippen molar-refractivity contribution >= 4 is 0 Å². The van der Waals surface area contributed by atoms with Crippen LogP contribution in [0.15, 0.2) is 18.2 Å². The molecular weight excluding hydrogens is 164 g/mol. The first kappa shape index (κ1) is 9.09. The van der Waals surface area contributed by atoms with Gasteiger partial charge in [-0.3, -0.25) is 0 Å². The van der Waals surface area contributed by atoms with Crippen LogP contribution in [-0.2, 0) is 0 Å². The van der Waals surface area contributed by atoms with E-state index in [4.69, 9.17) is 10.8 Å². The fourth-order valence-electron chi connectivity index (χ4n) is 0.904. The van der Waals surface area contributed by atoms with E-state index in [1.807, 2.05) is 0 Å². The van der Waals surface area contributed by atoms with Crippen LogP contribution in [0.4, 0.5) is 8.78 Å². The fraction of sp³-hybridized carbons (Fsp3) is 0.250. The minimum atomic E-state index is -1.00. The molecule has 1 aromatic rings. The van der Waals surface area contributed by atoms with Crippen LogP contribution in [0.25, 0.3) is 0 Å². The lowest BCUT2D eigenvalue weighted by molar-refractivity contribution is 0.186. The molecule has 0 bridgehead atoms. The van der Waals surface area contributed by atoms with Gasteiger partial charge in [0, 0.05) is 12.6 Å². The molecule has 4 heteroatoms. The molecule has 0 aromatic heterocycles. The highest BCUT2D eigenvalue weighted by molar-refractivity contribution is 5.20. The summed E-state index contributed by atoms with van der Waals surface area (Å²) in [6.45, 7) is -0.0527. The third-order valence-corrected chi connectivity index (χ3v) is 1.49. The largest absolute Gasteiger partial charge is 0.387 e. The average Bonchev–Trinajstić information content (AvgIpc) is 2.01. The summed E-state index contributed by atoms with van der Waals surface area (Å²) in [6.07, 6.45) is -1.00. The van der Waals surface area contributed by atoms with E-state index in [-0.39, 0.29) is 12.1 Å². The molecule has 1 atom stereocenters. The summed E-state index contributed by atoms with van der Waals surface area (Å²) in [5.41, 5.74) is 5.27. The van der Waals surface area contributed by atoms with Crippen molar-refractivity contribution in [1.82, 2.24) is 0 Å². The second-order valence-corrected chi connectivity index (χ2v) is 2.45. The summed E-state index contributed by atoms with van der Waals surface area (Å²) >= 11 is 0. The van der Waals surface area contributed by atoms with Gasteiger partial charge < -0.3 is 10.8 Å². The molecule has 0 spiro atoms. The predicted octanol–water partition coefficient (Wildman–Crippen LogP) is 0.957. The number of nitrogens with two attached hydrogens (primary N) is 1. The molecule has 0 saturated carbocycles. The van der Waals surface area contributed by atoms with Gasteiger partial charge >= 0.3 is 0 Å². The van der Waals surface area contributed by atoms with Crippen LogP contribution >= 0.6 is 0 Å². The molecule has 1 aromatic carbocycles. The van der Waals surface area contributed by atoms with Crippen LogP contribution in [0.2, 0.25) is 0 Å². The molecule has 0 aliphatic carbocycles. The van der Waals surface area contributed by atoms with Crippen molar-refractivity contribution in [1.29, 1.82) is 0 Å². The summed E-state index contributed by atoms with van der Waals surface area (Å²) in [5.74, 6) is -1.42. The van der Waals surface area contributed by atoms with E-state index in [9.17, 15) is 8.78 Å². The lowest BCUT2D eigenvalue weighted by Crippen LogP contribution is -2.11. The van der Waals surface area contributed by atoms with Gasteiger partial charge in [0.1, 0.15) is 11.6 Å². The number of hydrogen-bond donors (Lipinski definition) is 2. The van der Waals surface area contributed by atoms with Gasteiger partial charge in [0.15, 0.2) is 0 Å². The number of benzene rings is 1. The fourth-order valence-corrected chi connectivity index (χ4v) is 0.904. The number of rotatable bonds is 2. The van der Waals surface area contributed by atoms with Gasteiger partial charge in [0.25, 0.3) is 0 Å². The minimum absolute atomic E-state index is 0.0527. The first-order valence-corrected chi connectivity index (χ1v) is 3.47. The zero-order chi connectivity index (χ0) is 9.14. The first-order valence-electron chi connectivity index (χ1n) is 3.47. The molecule has 0 radical (unpaired) electrons. The molecule has 12 heavy (non-hydrogen) atoms. The van der Waals surface area contributed by atoms with E-state index in [1.54, 1.807) is 0 Å². The molecule has 2 nitrogen and oxygen atoms in total. The Morgan fingerprint density at radius 3 is 2.17 bits per heavy atom. The van der Waals surface area contributed by atoms with Crippen LogP contribution < -0.4 is 5.73 Å². The Kier molecular flexibility index (Phi) is 2.73. The van der Waals surface area contributed by atoms with Crippen molar-refractivity contribution in [3.8, 4) is 0 Å². The van der Waals surface area contributed by atoms with E-state index in [0.717, 1.165) is 18.2 Å². The van der Waals surface area contributed by atoms with Crippen molar-refractivity contribution in [2.75, 3.05) is 6.54 Å². The lowest BCUT2D eigenvalue weighted by Gasteiger charge is -2.07. The smallest absolute Gasteiger partial charge is 0.126 e. The second kappa shape index (κ2) is 3.60. The lowest BCUT2D eigenvalue weighted by atomic mass is 10.1. The van der Waals surface area contributed by atoms with E-state index >= 15 is 0 Å². The Hall–Kier alpha value is -1.00. The zero-order valence-corrected chi connectivity index (χ0v) is 6.30. The Morgan fingerprint density at radius 1 is 1.25 bits per heavy atom. The standard InChI is InChI=1S/C8H9F2NO/c9-6-1-5(8(12)4-11)2-7(10)3-6/h1-3,8,12H,4,11H2/t8-/m1/s1. The predicted molar refractivity (Wildman–Crippen MR) is 40.4 cm³/mol. The maximum absolute atomic E-state index is 12.5. The summed E-state index contributed by atoms with van der Waals surface area (Å²) in [6, 6.07) is 2.86. The molecule has 3 N–H and O–H groups in total. The van der Waals surface area contributed by atoms with Crippen molar-refractivity contribution in [2.24, 2.45) is 5.73 Å². The highest BCUT2D eigenvalue weighted by Gasteiger charge is 2.07. The normalized spacial score (nSPS) is 13.0. The maximum atomic E-state index is 12.5. The van der Waals surface area contributed by atoms with E-state index < -0.39 is 17.7 Å². The van der Waals surface area contributed by atoms with Crippen LogP contribution in [0.3, 0.4) is 0 Å². The quantitative estimate of drug-likeness (QED) is 0.699. The number of halogens is 2. The zero-order valence-electron chi connectivity index (χ0n) is 6.30. The summed E-state index contributed by atoms with van der Waals surface area (Å²) in [5, 5.41) is 9.12. The van der Waals surface area contributed by atoms with Gasteiger partial charge in [0.2, 0.25) is 0 Å². The Morgan fingerprint density at radius 2 is 1.75 bits per heavy atom. The monoisotopic (exact) mass is 173 g/mol. The molecule has 0 aliphatic heterocycles. The van der Waals surface area contributed by atoms with Crippen LogP contribution in [0.5, 0.6) is 0 Å². The Labute approximate surface area is 68.6 Å². The second-order valence-electron chi connectivity index (χ2n) is 2.45. The van der Waals surface area contributed by atoms with E-state index in [2.05, 4.69) is 0 Å². The van der Waals surface area contributed by atoms with Gasteiger partial charge in [-0.1, -0.05) is 0 Å². The number of hydrogen-bond acceptors (Lipinski definition) is 2. The summed E-state index contributed by atoms with van der Waals surface area (Å²) in [4.78, 5) is 0. The molecule has 66 valence electrons. The molecule has 0 heterocycles. The van der Waals surface area contributed by atoms with Gasteiger partial charge in [0.05, 0.1) is 6.10 Å². The Bertz CT molecular complexity index is 258. The van der Waals surface area contributed by atoms with Crippen LogP contribution in [-0.4, -0.2) is 11.7 Å². The van der Waals surface area contributed by atoms with Crippen LogP contribution in [0.1, 0.15) is 11.7 Å². The molecule has 1 rings (SSSR count). The minimum Gasteiger partial charge on any atom is -0.387 e. The third kappa shape index (κ3) is 1.99. The molecule has 0 amide bonds. The van der Waals surface area contributed by atoms with Crippen molar-refractivity contribution in [3.05, 3.63) is 35.4 Å². The topological polar surface area (TPSA) is 46.2 Å². The van der Waals surface area contributed by atoms with Gasteiger partial charge in [-0.25, -0.2) is 8.78 Å². The number of aliphatic hydroxyl groups excluding tert-OH is 1. The highest BCUT2D eigenvalue weighted by atomic mass is 19.1. The SMILES string of the molecule is NC[C@@H](O)c1cc(F)cc(F)c1. The molecule has 0 saturated heterocycles. The van der Waals surface area contributed by atoms with Crippen LogP contribution in [0, 0.1) is 11.6 Å². The number of aliphatic hydroxyl groups is 1. The van der Waals surface area contributed by atoms with Gasteiger partial charge in [-0.15, -0.1) is 0 Å². The molecule has 0 aliphatic rings. The maximum Gasteiger partial charge on any atom is 0.126 e. The summed E-state index contributed by atoms with van der Waals surface area (Å²) < 4.78 is 25.1. The molecule has 0 unspecified atom stereocenters. The average molecular weight is 173 g/mol. The van der Waals surface area contributed by atoms with Gasteiger partial charge in [-0.2, -0.15) is 0 Å². The first-order chi connectivity index (χ1) is 5.63. The third-order valence-electron chi connectivity index (χ3n) is 1.49. The van der Waals surface area contributed by atoms with Crippen molar-refractivity contribution in [3.63, 3.8) is 0 Å². The molecule has 0 fully saturated rings. The Balaban J connectivity index is 3.00.